The molecule has 0 bridgehead atoms. The number of carbonyl (C=O) groups excluding carboxylic acids is 1. The highest BCUT2D eigenvalue weighted by Gasteiger charge is 2.37. The first-order valence-electron chi connectivity index (χ1n) is 6.28. The lowest BCUT2D eigenvalue weighted by molar-refractivity contribution is 0.0599. The van der Waals surface area contributed by atoms with E-state index < -0.39 is 0 Å². The topological polar surface area (TPSA) is 51.2 Å². The number of ether oxygens (including phenoxy) is 1. The minimum atomic E-state index is -0.340. The monoisotopic (exact) mass is 248 g/mol. The normalized spacial score (nSPS) is 15.3. The Kier molecular flexibility index (Phi) is 3.28. The van der Waals surface area contributed by atoms with Gasteiger partial charge in [-0.15, -0.1) is 0 Å². The van der Waals surface area contributed by atoms with Gasteiger partial charge < -0.3 is 10.1 Å². The van der Waals surface area contributed by atoms with Crippen molar-refractivity contribution in [1.82, 2.24) is 4.98 Å². The summed E-state index contributed by atoms with van der Waals surface area (Å²) in [5.41, 5.74) is 1.28. The summed E-state index contributed by atoms with van der Waals surface area (Å²) in [6, 6.07) is 3.60. The Hall–Kier alpha value is -1.58. The third-order valence-corrected chi connectivity index (χ3v) is 3.54. The van der Waals surface area contributed by atoms with Gasteiger partial charge in [0.25, 0.3) is 0 Å². The lowest BCUT2D eigenvalue weighted by Crippen LogP contribution is -2.33. The van der Waals surface area contributed by atoms with Crippen molar-refractivity contribution in [3.63, 3.8) is 0 Å². The van der Waals surface area contributed by atoms with Crippen molar-refractivity contribution in [2.75, 3.05) is 12.4 Å². The van der Waals surface area contributed by atoms with Gasteiger partial charge in [-0.2, -0.15) is 0 Å². The molecule has 98 valence electrons. The number of aryl methyl sites for hydroxylation is 1. The van der Waals surface area contributed by atoms with E-state index in [1.54, 1.807) is 6.07 Å². The third-order valence-electron chi connectivity index (χ3n) is 3.54. The molecule has 0 atom stereocenters. The van der Waals surface area contributed by atoms with E-state index in [-0.39, 0.29) is 11.5 Å². The number of nitrogens with zero attached hydrogens (tertiary/aromatic N) is 1. The Morgan fingerprint density at radius 1 is 1.44 bits per heavy atom. The molecule has 1 aromatic heterocycles. The van der Waals surface area contributed by atoms with E-state index in [0.29, 0.717) is 11.3 Å². The number of hydrogen-bond acceptors (Lipinski definition) is 4. The summed E-state index contributed by atoms with van der Waals surface area (Å²) in [5, 5.41) is 3.44. The summed E-state index contributed by atoms with van der Waals surface area (Å²) < 4.78 is 4.71. The number of pyridine rings is 1. The van der Waals surface area contributed by atoms with Crippen LogP contribution in [-0.2, 0) is 4.74 Å². The quantitative estimate of drug-likeness (QED) is 0.832. The molecule has 0 aromatic carbocycles. The Morgan fingerprint density at radius 2 is 2.11 bits per heavy atom. The zero-order chi connectivity index (χ0) is 13.3. The number of rotatable bonds is 4. The number of carbonyl (C=O) groups is 1. The van der Waals surface area contributed by atoms with Gasteiger partial charge in [-0.25, -0.2) is 9.78 Å². The van der Waals surface area contributed by atoms with Crippen molar-refractivity contribution in [3.05, 3.63) is 23.4 Å². The SMILES string of the molecule is COC(=O)c1ccc(NC(C)(C)C2CC2)nc1C. The van der Waals surface area contributed by atoms with E-state index in [2.05, 4.69) is 24.1 Å². The summed E-state index contributed by atoms with van der Waals surface area (Å²) in [7, 11) is 1.38. The molecule has 4 heteroatoms. The molecule has 1 heterocycles. The first-order chi connectivity index (χ1) is 8.44. The largest absolute Gasteiger partial charge is 0.465 e. The molecule has 18 heavy (non-hydrogen) atoms. The zero-order valence-electron chi connectivity index (χ0n) is 11.4. The summed E-state index contributed by atoms with van der Waals surface area (Å²) in [6.07, 6.45) is 2.55. The van der Waals surface area contributed by atoms with E-state index in [9.17, 15) is 4.79 Å². The second-order valence-corrected chi connectivity index (χ2v) is 5.44. The van der Waals surface area contributed by atoms with Crippen LogP contribution in [0.25, 0.3) is 0 Å². The van der Waals surface area contributed by atoms with Crippen LogP contribution >= 0.6 is 0 Å². The molecule has 0 aliphatic heterocycles. The maximum Gasteiger partial charge on any atom is 0.339 e. The van der Waals surface area contributed by atoms with Gasteiger partial charge in [0, 0.05) is 5.54 Å². The Labute approximate surface area is 108 Å². The molecule has 1 aliphatic carbocycles. The maximum atomic E-state index is 11.5. The Bertz CT molecular complexity index is 465. The van der Waals surface area contributed by atoms with Gasteiger partial charge in [0.2, 0.25) is 0 Å². The van der Waals surface area contributed by atoms with Gasteiger partial charge in [-0.1, -0.05) is 0 Å². The molecule has 1 saturated carbocycles. The van der Waals surface area contributed by atoms with Crippen molar-refractivity contribution in [3.8, 4) is 0 Å². The van der Waals surface area contributed by atoms with Crippen molar-refractivity contribution in [2.45, 2.75) is 39.2 Å². The van der Waals surface area contributed by atoms with Crippen LogP contribution in [0.3, 0.4) is 0 Å². The van der Waals surface area contributed by atoms with Gasteiger partial charge >= 0.3 is 5.97 Å². The minimum absolute atomic E-state index is 0.0617. The van der Waals surface area contributed by atoms with E-state index in [0.717, 1.165) is 11.7 Å². The Balaban J connectivity index is 2.16. The van der Waals surface area contributed by atoms with E-state index in [1.165, 1.54) is 20.0 Å². The highest BCUT2D eigenvalue weighted by molar-refractivity contribution is 5.90. The van der Waals surface area contributed by atoms with Crippen molar-refractivity contribution in [1.29, 1.82) is 0 Å². The molecule has 0 unspecified atom stereocenters. The highest BCUT2D eigenvalue weighted by Crippen LogP contribution is 2.40. The summed E-state index contributed by atoms with van der Waals surface area (Å²) in [6.45, 7) is 6.20. The lowest BCUT2D eigenvalue weighted by Gasteiger charge is -2.27. The smallest absolute Gasteiger partial charge is 0.339 e. The second kappa shape index (κ2) is 4.59. The van der Waals surface area contributed by atoms with Crippen molar-refractivity contribution < 1.29 is 9.53 Å². The van der Waals surface area contributed by atoms with Crippen LogP contribution < -0.4 is 5.32 Å². The molecule has 4 nitrogen and oxygen atoms in total. The lowest BCUT2D eigenvalue weighted by atomic mass is 9.99. The minimum Gasteiger partial charge on any atom is -0.465 e. The second-order valence-electron chi connectivity index (χ2n) is 5.44. The summed E-state index contributed by atoms with van der Waals surface area (Å²) in [5.74, 6) is 1.20. The van der Waals surface area contributed by atoms with Crippen molar-refractivity contribution >= 4 is 11.8 Å². The summed E-state index contributed by atoms with van der Waals surface area (Å²) in [4.78, 5) is 15.9. The fourth-order valence-electron chi connectivity index (χ4n) is 2.19. The first kappa shape index (κ1) is 12.9. The van der Waals surface area contributed by atoms with Crippen LogP contribution in [0.15, 0.2) is 12.1 Å². The van der Waals surface area contributed by atoms with Gasteiger partial charge in [-0.05, 0) is 51.7 Å². The van der Waals surface area contributed by atoms with Crippen LogP contribution in [0.1, 0.15) is 42.7 Å². The van der Waals surface area contributed by atoms with Crippen molar-refractivity contribution in [2.24, 2.45) is 5.92 Å². The standard InChI is InChI=1S/C14H20N2O2/c1-9-11(13(17)18-4)7-8-12(15-9)16-14(2,3)10-5-6-10/h7-8,10H,5-6H2,1-4H3,(H,15,16). The third kappa shape index (κ3) is 2.63. The number of esters is 1. The number of hydrogen-bond donors (Lipinski definition) is 1. The van der Waals surface area contributed by atoms with Crippen LogP contribution in [0, 0.1) is 12.8 Å². The number of anilines is 1. The van der Waals surface area contributed by atoms with E-state index in [1.807, 2.05) is 13.0 Å². The van der Waals surface area contributed by atoms with Gasteiger partial charge in [0.05, 0.1) is 18.4 Å². The van der Waals surface area contributed by atoms with Gasteiger partial charge in [0.15, 0.2) is 0 Å². The molecule has 1 fully saturated rings. The number of nitrogens with one attached hydrogen (secondary N) is 1. The van der Waals surface area contributed by atoms with E-state index >= 15 is 0 Å². The van der Waals surface area contributed by atoms with Crippen LogP contribution in [0.5, 0.6) is 0 Å². The predicted molar refractivity (Wildman–Crippen MR) is 70.7 cm³/mol. The molecule has 1 aliphatic rings. The molecule has 1 aromatic rings. The molecule has 0 spiro atoms. The number of aromatic nitrogens is 1. The molecular weight excluding hydrogens is 228 g/mol. The maximum absolute atomic E-state index is 11.5. The van der Waals surface area contributed by atoms with E-state index in [4.69, 9.17) is 4.74 Å². The molecule has 0 radical (unpaired) electrons. The summed E-state index contributed by atoms with van der Waals surface area (Å²) >= 11 is 0. The predicted octanol–water partition coefficient (Wildman–Crippen LogP) is 2.78. The molecule has 0 amide bonds. The number of methoxy groups -OCH3 is 1. The van der Waals surface area contributed by atoms with Crippen LogP contribution in [-0.4, -0.2) is 23.6 Å². The zero-order valence-corrected chi connectivity index (χ0v) is 11.4. The highest BCUT2D eigenvalue weighted by atomic mass is 16.5. The van der Waals surface area contributed by atoms with Crippen LogP contribution in [0.4, 0.5) is 5.82 Å². The fraction of sp³-hybridized carbons (Fsp3) is 0.571. The average Bonchev–Trinajstić information content (AvgIpc) is 3.11. The fourth-order valence-corrected chi connectivity index (χ4v) is 2.19. The molecule has 1 N–H and O–H groups in total. The van der Waals surface area contributed by atoms with Gasteiger partial charge in [0.1, 0.15) is 5.82 Å². The van der Waals surface area contributed by atoms with Gasteiger partial charge in [-0.3, -0.25) is 0 Å². The first-order valence-corrected chi connectivity index (χ1v) is 6.28. The molecule has 0 saturated heterocycles. The molecule has 2 rings (SSSR count). The Morgan fingerprint density at radius 3 is 2.61 bits per heavy atom. The average molecular weight is 248 g/mol. The molecular formula is C14H20N2O2. The van der Waals surface area contributed by atoms with Crippen LogP contribution in [0.2, 0.25) is 0 Å².